The molecule has 0 unspecified atom stereocenters. The molecule has 0 aliphatic carbocycles. The highest BCUT2D eigenvalue weighted by atomic mass is 35.5. The zero-order valence-corrected chi connectivity index (χ0v) is 11.8. The summed E-state index contributed by atoms with van der Waals surface area (Å²) in [7, 11) is 1.56. The van der Waals surface area contributed by atoms with Gasteiger partial charge in [-0.05, 0) is 37.3 Å². The number of aromatic hydroxyl groups is 1. The van der Waals surface area contributed by atoms with Crippen LogP contribution in [-0.4, -0.2) is 22.9 Å². The lowest BCUT2D eigenvalue weighted by molar-refractivity contribution is 0.412. The quantitative estimate of drug-likeness (QED) is 0.670. The standard InChI is InChI=1S/C14H14ClN3O2/c1-9(11-8-10(20-2)5-6-13(11)19)17-18-14-12(15)4-3-7-16-14/h3-8,19H,1-2H3,(H,16,18)/b17-9+. The number of anilines is 1. The highest BCUT2D eigenvalue weighted by Crippen LogP contribution is 2.24. The minimum atomic E-state index is 0.126. The Morgan fingerprint density at radius 1 is 1.40 bits per heavy atom. The van der Waals surface area contributed by atoms with Gasteiger partial charge in [0.2, 0.25) is 0 Å². The van der Waals surface area contributed by atoms with Gasteiger partial charge in [0.1, 0.15) is 11.5 Å². The van der Waals surface area contributed by atoms with E-state index < -0.39 is 0 Å². The first-order chi connectivity index (χ1) is 9.61. The second kappa shape index (κ2) is 6.25. The van der Waals surface area contributed by atoms with Crippen molar-refractivity contribution in [3.63, 3.8) is 0 Å². The highest BCUT2D eigenvalue weighted by Gasteiger charge is 2.07. The molecule has 20 heavy (non-hydrogen) atoms. The fraction of sp³-hybridized carbons (Fsp3) is 0.143. The molecule has 0 atom stereocenters. The average molecular weight is 292 g/mol. The molecule has 1 heterocycles. The van der Waals surface area contributed by atoms with E-state index in [1.54, 1.807) is 50.6 Å². The van der Waals surface area contributed by atoms with Gasteiger partial charge in [-0.15, -0.1) is 0 Å². The van der Waals surface area contributed by atoms with Crippen LogP contribution >= 0.6 is 11.6 Å². The van der Waals surface area contributed by atoms with E-state index in [-0.39, 0.29) is 5.75 Å². The number of phenols is 1. The van der Waals surface area contributed by atoms with Crippen molar-refractivity contribution in [1.82, 2.24) is 4.98 Å². The van der Waals surface area contributed by atoms with Gasteiger partial charge in [-0.2, -0.15) is 5.10 Å². The van der Waals surface area contributed by atoms with Crippen LogP contribution in [0.25, 0.3) is 0 Å². The van der Waals surface area contributed by atoms with E-state index in [1.807, 2.05) is 0 Å². The molecule has 0 bridgehead atoms. The molecule has 0 saturated heterocycles. The lowest BCUT2D eigenvalue weighted by atomic mass is 10.1. The van der Waals surface area contributed by atoms with E-state index in [2.05, 4.69) is 15.5 Å². The minimum Gasteiger partial charge on any atom is -0.507 e. The van der Waals surface area contributed by atoms with Crippen LogP contribution in [0.4, 0.5) is 5.82 Å². The molecular weight excluding hydrogens is 278 g/mol. The number of rotatable bonds is 4. The summed E-state index contributed by atoms with van der Waals surface area (Å²) >= 11 is 5.97. The summed E-state index contributed by atoms with van der Waals surface area (Å²) in [4.78, 5) is 4.06. The Morgan fingerprint density at radius 3 is 2.90 bits per heavy atom. The van der Waals surface area contributed by atoms with Crippen LogP contribution in [0, 0.1) is 0 Å². The number of ether oxygens (including phenoxy) is 1. The smallest absolute Gasteiger partial charge is 0.165 e. The third-order valence-corrected chi connectivity index (χ3v) is 2.99. The van der Waals surface area contributed by atoms with Gasteiger partial charge in [0.25, 0.3) is 0 Å². The third-order valence-electron chi connectivity index (χ3n) is 2.68. The Balaban J connectivity index is 2.25. The van der Waals surface area contributed by atoms with Crippen LogP contribution in [0.1, 0.15) is 12.5 Å². The number of hydrogen-bond donors (Lipinski definition) is 2. The molecule has 2 N–H and O–H groups in total. The highest BCUT2D eigenvalue weighted by molar-refractivity contribution is 6.32. The summed E-state index contributed by atoms with van der Waals surface area (Å²) < 4.78 is 5.12. The minimum absolute atomic E-state index is 0.126. The molecule has 0 saturated carbocycles. The van der Waals surface area contributed by atoms with Gasteiger partial charge < -0.3 is 9.84 Å². The maximum atomic E-state index is 9.85. The lowest BCUT2D eigenvalue weighted by Gasteiger charge is -2.08. The third kappa shape index (κ3) is 3.19. The predicted octanol–water partition coefficient (Wildman–Crippen LogP) is 3.29. The second-order valence-electron chi connectivity index (χ2n) is 4.03. The summed E-state index contributed by atoms with van der Waals surface area (Å²) in [6.07, 6.45) is 1.61. The van der Waals surface area contributed by atoms with Crippen LogP contribution < -0.4 is 10.2 Å². The molecular formula is C14H14ClN3O2. The number of halogens is 1. The largest absolute Gasteiger partial charge is 0.507 e. The van der Waals surface area contributed by atoms with Crippen molar-refractivity contribution >= 4 is 23.1 Å². The first kappa shape index (κ1) is 14.1. The number of hydrazone groups is 1. The van der Waals surface area contributed by atoms with E-state index in [0.717, 1.165) is 0 Å². The maximum Gasteiger partial charge on any atom is 0.165 e. The Kier molecular flexibility index (Phi) is 4.42. The molecule has 104 valence electrons. The zero-order chi connectivity index (χ0) is 14.5. The van der Waals surface area contributed by atoms with Crippen molar-refractivity contribution in [2.75, 3.05) is 12.5 Å². The van der Waals surface area contributed by atoms with Gasteiger partial charge in [0.05, 0.1) is 17.8 Å². The van der Waals surface area contributed by atoms with E-state index in [4.69, 9.17) is 16.3 Å². The summed E-state index contributed by atoms with van der Waals surface area (Å²) in [6, 6.07) is 8.38. The normalized spacial score (nSPS) is 11.2. The number of nitrogens with zero attached hydrogens (tertiary/aromatic N) is 2. The van der Waals surface area contributed by atoms with Crippen LogP contribution in [0.15, 0.2) is 41.6 Å². The average Bonchev–Trinajstić information content (AvgIpc) is 2.46. The number of aromatic nitrogens is 1. The first-order valence-electron chi connectivity index (χ1n) is 5.90. The first-order valence-corrected chi connectivity index (χ1v) is 6.28. The van der Waals surface area contributed by atoms with E-state index in [1.165, 1.54) is 0 Å². The topological polar surface area (TPSA) is 66.7 Å². The zero-order valence-electron chi connectivity index (χ0n) is 11.1. The molecule has 0 amide bonds. The van der Waals surface area contributed by atoms with Gasteiger partial charge in [-0.3, -0.25) is 5.43 Å². The molecule has 0 fully saturated rings. The van der Waals surface area contributed by atoms with Gasteiger partial charge >= 0.3 is 0 Å². The van der Waals surface area contributed by atoms with Gasteiger partial charge in [0.15, 0.2) is 5.82 Å². The fourth-order valence-electron chi connectivity index (χ4n) is 1.60. The molecule has 1 aromatic carbocycles. The number of phenolic OH excluding ortho intramolecular Hbond substituents is 1. The van der Waals surface area contributed by atoms with Crippen LogP contribution in [0.3, 0.4) is 0 Å². The van der Waals surface area contributed by atoms with Crippen molar-refractivity contribution in [2.24, 2.45) is 5.10 Å². The number of benzene rings is 1. The Bertz CT molecular complexity index is 644. The van der Waals surface area contributed by atoms with Gasteiger partial charge in [-0.25, -0.2) is 4.98 Å². The molecule has 0 aliphatic rings. The molecule has 0 aliphatic heterocycles. The lowest BCUT2D eigenvalue weighted by Crippen LogP contribution is -2.02. The summed E-state index contributed by atoms with van der Waals surface area (Å²) in [5.41, 5.74) is 3.93. The summed E-state index contributed by atoms with van der Waals surface area (Å²) in [5, 5.41) is 14.5. The molecule has 2 aromatic rings. The number of hydrogen-bond acceptors (Lipinski definition) is 5. The molecule has 0 spiro atoms. The summed E-state index contributed by atoms with van der Waals surface area (Å²) in [6.45, 7) is 1.76. The number of methoxy groups -OCH3 is 1. The van der Waals surface area contributed by atoms with Crippen molar-refractivity contribution < 1.29 is 9.84 Å². The maximum absolute atomic E-state index is 9.85. The molecule has 1 aromatic heterocycles. The molecule has 6 heteroatoms. The molecule has 5 nitrogen and oxygen atoms in total. The fourth-order valence-corrected chi connectivity index (χ4v) is 1.76. The van der Waals surface area contributed by atoms with Crippen LogP contribution in [-0.2, 0) is 0 Å². The van der Waals surface area contributed by atoms with Crippen LogP contribution in [0.5, 0.6) is 11.5 Å². The number of nitrogens with one attached hydrogen (secondary N) is 1. The monoisotopic (exact) mass is 291 g/mol. The van der Waals surface area contributed by atoms with Crippen molar-refractivity contribution in [1.29, 1.82) is 0 Å². The Hall–Kier alpha value is -2.27. The Morgan fingerprint density at radius 2 is 2.20 bits per heavy atom. The molecule has 0 radical (unpaired) electrons. The van der Waals surface area contributed by atoms with E-state index in [9.17, 15) is 5.11 Å². The van der Waals surface area contributed by atoms with Crippen molar-refractivity contribution in [3.05, 3.63) is 47.1 Å². The van der Waals surface area contributed by atoms with E-state index in [0.29, 0.717) is 27.9 Å². The van der Waals surface area contributed by atoms with E-state index >= 15 is 0 Å². The van der Waals surface area contributed by atoms with Crippen molar-refractivity contribution in [2.45, 2.75) is 6.92 Å². The summed E-state index contributed by atoms with van der Waals surface area (Å²) in [5.74, 6) is 1.22. The Labute approximate surface area is 121 Å². The van der Waals surface area contributed by atoms with Crippen molar-refractivity contribution in [3.8, 4) is 11.5 Å². The SMILES string of the molecule is COc1ccc(O)c(/C(C)=N/Nc2ncccc2Cl)c1. The second-order valence-corrected chi connectivity index (χ2v) is 4.43. The molecule has 2 rings (SSSR count). The van der Waals surface area contributed by atoms with Crippen LogP contribution in [0.2, 0.25) is 5.02 Å². The predicted molar refractivity (Wildman–Crippen MR) is 79.7 cm³/mol. The van der Waals surface area contributed by atoms with Gasteiger partial charge in [0, 0.05) is 11.8 Å². The number of pyridine rings is 1. The van der Waals surface area contributed by atoms with Gasteiger partial charge in [-0.1, -0.05) is 11.6 Å².